The summed E-state index contributed by atoms with van der Waals surface area (Å²) in [5.41, 5.74) is 0.798. The Morgan fingerprint density at radius 3 is 2.48 bits per heavy atom. The van der Waals surface area contributed by atoms with E-state index in [0.717, 1.165) is 31.7 Å². The van der Waals surface area contributed by atoms with Crippen LogP contribution in [0.4, 0.5) is 5.69 Å². The standard InChI is InChI=1S/C32H40N6O4/c1-24(25-6-4-3-5-7-25)20-30(40)37-14-11-32(42,12-15-37)22-38-23-33-28-21-26(8-9-27(28)31(38)41)34-29(39)10-13-36-18-16-35(2)17-19-36/h3-10,13,21,23-24,42H,11-12,14-20,22H2,1-2H3,(H,34,39)/b13-10+. The van der Waals surface area contributed by atoms with Gasteiger partial charge in [0.1, 0.15) is 0 Å². The van der Waals surface area contributed by atoms with Crippen molar-refractivity contribution in [1.29, 1.82) is 0 Å². The Kier molecular flexibility index (Phi) is 9.03. The molecule has 222 valence electrons. The van der Waals surface area contributed by atoms with Crippen molar-refractivity contribution in [2.24, 2.45) is 0 Å². The van der Waals surface area contributed by atoms with Crippen LogP contribution in [-0.4, -0.2) is 93.1 Å². The summed E-state index contributed by atoms with van der Waals surface area (Å²) >= 11 is 0. The average Bonchev–Trinajstić information content (AvgIpc) is 2.99. The van der Waals surface area contributed by atoms with Gasteiger partial charge in [0, 0.05) is 63.7 Å². The first-order chi connectivity index (χ1) is 20.2. The van der Waals surface area contributed by atoms with E-state index in [0.29, 0.717) is 48.9 Å². The predicted molar refractivity (Wildman–Crippen MR) is 163 cm³/mol. The third kappa shape index (κ3) is 7.24. The van der Waals surface area contributed by atoms with Crippen LogP contribution < -0.4 is 10.9 Å². The van der Waals surface area contributed by atoms with Crippen LogP contribution in [0.2, 0.25) is 0 Å². The maximum atomic E-state index is 13.2. The number of aliphatic hydroxyl groups is 1. The quantitative estimate of drug-likeness (QED) is 0.400. The molecule has 10 heteroatoms. The van der Waals surface area contributed by atoms with E-state index in [-0.39, 0.29) is 29.8 Å². The van der Waals surface area contributed by atoms with Gasteiger partial charge in [-0.15, -0.1) is 0 Å². The van der Waals surface area contributed by atoms with E-state index in [1.165, 1.54) is 17.0 Å². The Balaban J connectivity index is 1.16. The van der Waals surface area contributed by atoms with Crippen molar-refractivity contribution in [3.8, 4) is 0 Å². The van der Waals surface area contributed by atoms with Crippen LogP contribution >= 0.6 is 0 Å². The minimum absolute atomic E-state index is 0.0793. The molecule has 0 spiro atoms. The van der Waals surface area contributed by atoms with Gasteiger partial charge in [0.05, 0.1) is 29.4 Å². The molecule has 5 rings (SSSR count). The number of piperazine rings is 1. The lowest BCUT2D eigenvalue weighted by Crippen LogP contribution is -2.49. The highest BCUT2D eigenvalue weighted by atomic mass is 16.3. The van der Waals surface area contributed by atoms with Crippen LogP contribution in [0.1, 0.15) is 37.7 Å². The number of benzene rings is 2. The fraction of sp³-hybridized carbons (Fsp3) is 0.438. The van der Waals surface area contributed by atoms with E-state index >= 15 is 0 Å². The Hall–Kier alpha value is -4.02. The molecule has 0 saturated carbocycles. The molecule has 2 aliphatic heterocycles. The van der Waals surface area contributed by atoms with Crippen molar-refractivity contribution in [3.05, 3.63) is 83.1 Å². The van der Waals surface area contributed by atoms with E-state index in [4.69, 9.17) is 0 Å². The number of amides is 2. The van der Waals surface area contributed by atoms with Crippen LogP contribution in [-0.2, 0) is 16.1 Å². The second-order valence-corrected chi connectivity index (χ2v) is 11.7. The lowest BCUT2D eigenvalue weighted by molar-refractivity contribution is -0.136. The Bertz CT molecular complexity index is 1490. The number of aromatic nitrogens is 2. The Morgan fingerprint density at radius 1 is 1.05 bits per heavy atom. The van der Waals surface area contributed by atoms with Crippen LogP contribution in [0.25, 0.3) is 10.9 Å². The number of nitrogens with zero attached hydrogens (tertiary/aromatic N) is 5. The fourth-order valence-electron chi connectivity index (χ4n) is 5.61. The van der Waals surface area contributed by atoms with Gasteiger partial charge < -0.3 is 25.1 Å². The summed E-state index contributed by atoms with van der Waals surface area (Å²) in [7, 11) is 2.08. The summed E-state index contributed by atoms with van der Waals surface area (Å²) in [6.07, 6.45) is 5.97. The topological polar surface area (TPSA) is 111 Å². The zero-order valence-corrected chi connectivity index (χ0v) is 24.4. The molecule has 42 heavy (non-hydrogen) atoms. The summed E-state index contributed by atoms with van der Waals surface area (Å²) in [6.45, 7) is 6.73. The van der Waals surface area contributed by atoms with Gasteiger partial charge in [0.25, 0.3) is 5.56 Å². The van der Waals surface area contributed by atoms with Crippen molar-refractivity contribution in [3.63, 3.8) is 0 Å². The molecule has 2 fully saturated rings. The molecule has 2 amide bonds. The van der Waals surface area contributed by atoms with Crippen LogP contribution in [0.15, 0.2) is 71.9 Å². The maximum Gasteiger partial charge on any atom is 0.261 e. The molecule has 1 atom stereocenters. The lowest BCUT2D eigenvalue weighted by atomic mass is 9.90. The molecule has 2 aliphatic rings. The summed E-state index contributed by atoms with van der Waals surface area (Å²) in [4.78, 5) is 49.2. The zero-order valence-electron chi connectivity index (χ0n) is 24.4. The highest BCUT2D eigenvalue weighted by Gasteiger charge is 2.35. The van der Waals surface area contributed by atoms with Gasteiger partial charge in [-0.1, -0.05) is 37.3 Å². The first-order valence-electron chi connectivity index (χ1n) is 14.7. The van der Waals surface area contributed by atoms with Gasteiger partial charge in [0.15, 0.2) is 0 Å². The fourth-order valence-corrected chi connectivity index (χ4v) is 5.61. The van der Waals surface area contributed by atoms with Gasteiger partial charge >= 0.3 is 0 Å². The van der Waals surface area contributed by atoms with Gasteiger partial charge in [-0.25, -0.2) is 4.98 Å². The van der Waals surface area contributed by atoms with E-state index in [1.54, 1.807) is 18.2 Å². The molecule has 10 nitrogen and oxygen atoms in total. The summed E-state index contributed by atoms with van der Waals surface area (Å²) in [6, 6.07) is 15.0. The molecule has 3 heterocycles. The molecule has 0 bridgehead atoms. The maximum absolute atomic E-state index is 13.2. The highest BCUT2D eigenvalue weighted by molar-refractivity contribution is 6.00. The number of fused-ring (bicyclic) bond motifs is 1. The number of nitrogens with one attached hydrogen (secondary N) is 1. The Morgan fingerprint density at radius 2 is 1.76 bits per heavy atom. The number of carbonyl (C=O) groups excluding carboxylic acids is 2. The zero-order chi connectivity index (χ0) is 29.7. The number of hydrogen-bond donors (Lipinski definition) is 2. The highest BCUT2D eigenvalue weighted by Crippen LogP contribution is 2.26. The number of hydrogen-bond acceptors (Lipinski definition) is 7. The first kappa shape index (κ1) is 29.5. The number of piperidine rings is 1. The number of anilines is 1. The monoisotopic (exact) mass is 572 g/mol. The van der Waals surface area contributed by atoms with Crippen LogP contribution in [0.3, 0.4) is 0 Å². The van der Waals surface area contributed by atoms with E-state index in [1.807, 2.05) is 41.4 Å². The molecular weight excluding hydrogens is 532 g/mol. The molecule has 3 aromatic rings. The van der Waals surface area contributed by atoms with Crippen molar-refractivity contribution in [1.82, 2.24) is 24.3 Å². The summed E-state index contributed by atoms with van der Waals surface area (Å²) in [5, 5.41) is 14.5. The van der Waals surface area contributed by atoms with E-state index < -0.39 is 5.60 Å². The minimum atomic E-state index is -1.11. The second-order valence-electron chi connectivity index (χ2n) is 11.7. The summed E-state index contributed by atoms with van der Waals surface area (Å²) in [5.74, 6) is -0.0482. The molecular formula is C32H40N6O4. The van der Waals surface area contributed by atoms with Crippen molar-refractivity contribution >= 4 is 28.4 Å². The second kappa shape index (κ2) is 12.9. The molecule has 1 unspecified atom stereocenters. The average molecular weight is 573 g/mol. The van der Waals surface area contributed by atoms with Crippen molar-refractivity contribution in [2.75, 3.05) is 51.6 Å². The van der Waals surface area contributed by atoms with Gasteiger partial charge in [-0.2, -0.15) is 0 Å². The SMILES string of the molecule is CC(CC(=O)N1CCC(O)(Cn2cnc3cc(NC(=O)/C=C/N4CCN(C)CC4)ccc3c2=O)CC1)c1ccccc1. The molecule has 2 N–H and O–H groups in total. The molecule has 0 radical (unpaired) electrons. The molecule has 2 saturated heterocycles. The van der Waals surface area contributed by atoms with Crippen molar-refractivity contribution in [2.45, 2.75) is 44.2 Å². The van der Waals surface area contributed by atoms with Gasteiger partial charge in [-0.3, -0.25) is 19.0 Å². The van der Waals surface area contributed by atoms with Gasteiger partial charge in [0.2, 0.25) is 11.8 Å². The number of likely N-dealkylation sites (tertiary alicyclic amines) is 1. The largest absolute Gasteiger partial charge is 0.388 e. The van der Waals surface area contributed by atoms with Crippen LogP contribution in [0, 0.1) is 0 Å². The van der Waals surface area contributed by atoms with Crippen LogP contribution in [0.5, 0.6) is 0 Å². The van der Waals surface area contributed by atoms with Crippen molar-refractivity contribution < 1.29 is 14.7 Å². The lowest BCUT2D eigenvalue weighted by Gasteiger charge is -2.38. The third-order valence-corrected chi connectivity index (χ3v) is 8.43. The number of likely N-dealkylation sites (N-methyl/N-ethyl adjacent to an activating group) is 1. The molecule has 1 aromatic heterocycles. The normalized spacial score (nSPS) is 18.4. The number of rotatable bonds is 8. The third-order valence-electron chi connectivity index (χ3n) is 8.43. The first-order valence-corrected chi connectivity index (χ1v) is 14.7. The molecule has 2 aromatic carbocycles. The summed E-state index contributed by atoms with van der Waals surface area (Å²) < 4.78 is 1.44. The minimum Gasteiger partial charge on any atom is -0.388 e. The van der Waals surface area contributed by atoms with Gasteiger partial charge in [-0.05, 0) is 49.6 Å². The number of carbonyl (C=O) groups is 2. The van der Waals surface area contributed by atoms with E-state index in [9.17, 15) is 19.5 Å². The Labute approximate surface area is 246 Å². The molecule has 0 aliphatic carbocycles. The van der Waals surface area contributed by atoms with E-state index in [2.05, 4.69) is 34.1 Å². The predicted octanol–water partition coefficient (Wildman–Crippen LogP) is 2.64. The smallest absolute Gasteiger partial charge is 0.261 e.